The summed E-state index contributed by atoms with van der Waals surface area (Å²) >= 11 is 3.43. The molecule has 16 heavy (non-hydrogen) atoms. The van der Waals surface area contributed by atoms with Crippen LogP contribution in [-0.2, 0) is 7.05 Å². The highest BCUT2D eigenvalue weighted by Crippen LogP contribution is 2.26. The van der Waals surface area contributed by atoms with Gasteiger partial charge in [-0.2, -0.15) is 0 Å². The predicted molar refractivity (Wildman–Crippen MR) is 68.3 cm³/mol. The first-order valence-corrected chi connectivity index (χ1v) is 6.70. The Morgan fingerprint density at radius 3 is 2.94 bits per heavy atom. The number of aryl methyl sites for hydroxylation is 1. The first-order valence-electron chi connectivity index (χ1n) is 5.58. The molecule has 0 radical (unpaired) electrons. The lowest BCUT2D eigenvalue weighted by Crippen LogP contribution is -2.45. The monoisotopic (exact) mass is 285 g/mol. The highest BCUT2D eigenvalue weighted by molar-refractivity contribution is 9.09. The van der Waals surface area contributed by atoms with E-state index in [0.717, 1.165) is 11.9 Å². The summed E-state index contributed by atoms with van der Waals surface area (Å²) in [4.78, 5) is 18.3. The van der Waals surface area contributed by atoms with Crippen LogP contribution in [0.4, 0.5) is 5.82 Å². The van der Waals surface area contributed by atoms with Crippen LogP contribution in [0.3, 0.4) is 0 Å². The second kappa shape index (κ2) is 4.99. The van der Waals surface area contributed by atoms with E-state index in [9.17, 15) is 4.79 Å². The van der Waals surface area contributed by atoms with Crippen LogP contribution in [-0.4, -0.2) is 27.5 Å². The fraction of sp³-hybridized carbons (Fsp3) is 0.636. The number of hydrogen-bond donors (Lipinski definition) is 0. The van der Waals surface area contributed by atoms with Gasteiger partial charge in [-0.1, -0.05) is 15.9 Å². The van der Waals surface area contributed by atoms with E-state index in [1.54, 1.807) is 24.0 Å². The predicted octanol–water partition coefficient (Wildman–Crippen LogP) is 1.53. The van der Waals surface area contributed by atoms with Gasteiger partial charge in [0, 0.05) is 37.4 Å². The van der Waals surface area contributed by atoms with Gasteiger partial charge >= 0.3 is 0 Å². The van der Waals surface area contributed by atoms with Crippen molar-refractivity contribution < 1.29 is 0 Å². The molecular formula is C11H16BrN3O. The summed E-state index contributed by atoms with van der Waals surface area (Å²) in [5, 5.41) is 0.864. The zero-order valence-corrected chi connectivity index (χ0v) is 11.0. The quantitative estimate of drug-likeness (QED) is 0.788. The van der Waals surface area contributed by atoms with E-state index in [0.29, 0.717) is 11.9 Å². The van der Waals surface area contributed by atoms with E-state index in [4.69, 9.17) is 0 Å². The molecule has 2 rings (SSSR count). The fourth-order valence-electron chi connectivity index (χ4n) is 1.93. The van der Waals surface area contributed by atoms with Gasteiger partial charge in [0.1, 0.15) is 0 Å². The van der Waals surface area contributed by atoms with Gasteiger partial charge in [0.05, 0.1) is 0 Å². The molecule has 1 fully saturated rings. The van der Waals surface area contributed by atoms with Gasteiger partial charge < -0.3 is 9.47 Å². The molecule has 5 heteroatoms. The molecule has 0 bridgehead atoms. The van der Waals surface area contributed by atoms with Crippen molar-refractivity contribution in [1.82, 2.24) is 9.55 Å². The number of nitrogens with zero attached hydrogens (tertiary/aromatic N) is 3. The molecule has 0 atom stereocenters. The Morgan fingerprint density at radius 1 is 1.62 bits per heavy atom. The van der Waals surface area contributed by atoms with E-state index in [1.807, 2.05) is 0 Å². The lowest BCUT2D eigenvalue weighted by atomic mass is 9.91. The minimum Gasteiger partial charge on any atom is -0.348 e. The van der Waals surface area contributed by atoms with E-state index in [2.05, 4.69) is 25.8 Å². The van der Waals surface area contributed by atoms with Crippen molar-refractivity contribution in [2.24, 2.45) is 7.05 Å². The second-order valence-corrected chi connectivity index (χ2v) is 4.93. The van der Waals surface area contributed by atoms with Crippen molar-refractivity contribution in [1.29, 1.82) is 0 Å². The van der Waals surface area contributed by atoms with Crippen LogP contribution in [0, 0.1) is 0 Å². The number of hydrogen-bond acceptors (Lipinski definition) is 3. The van der Waals surface area contributed by atoms with E-state index >= 15 is 0 Å². The molecule has 1 aliphatic rings. The van der Waals surface area contributed by atoms with Gasteiger partial charge in [0.25, 0.3) is 5.56 Å². The summed E-state index contributed by atoms with van der Waals surface area (Å²) in [5.74, 6) is 0.592. The molecule has 0 N–H and O–H groups in total. The molecular weight excluding hydrogens is 270 g/mol. The summed E-state index contributed by atoms with van der Waals surface area (Å²) in [7, 11) is 1.76. The molecule has 1 aromatic rings. The summed E-state index contributed by atoms with van der Waals surface area (Å²) < 4.78 is 1.59. The Bertz CT molecular complexity index is 414. The lowest BCUT2D eigenvalue weighted by Gasteiger charge is -2.37. The van der Waals surface area contributed by atoms with Crippen LogP contribution in [0.25, 0.3) is 0 Å². The molecule has 0 aromatic carbocycles. The average molecular weight is 286 g/mol. The molecule has 4 nitrogen and oxygen atoms in total. The van der Waals surface area contributed by atoms with Crippen LogP contribution >= 0.6 is 15.9 Å². The number of anilines is 1. The normalized spacial score (nSPS) is 15.9. The molecule has 1 aromatic heterocycles. The van der Waals surface area contributed by atoms with Crippen LogP contribution in [0.15, 0.2) is 17.2 Å². The van der Waals surface area contributed by atoms with Gasteiger partial charge in [-0.3, -0.25) is 4.79 Å². The maximum absolute atomic E-state index is 12.0. The molecule has 0 unspecified atom stereocenters. The SMILES string of the molecule is Cn1ccnc(N(CCBr)C2CCC2)c1=O. The molecule has 1 heterocycles. The summed E-state index contributed by atoms with van der Waals surface area (Å²) in [6.45, 7) is 0.844. The largest absolute Gasteiger partial charge is 0.348 e. The van der Waals surface area contributed by atoms with Crippen LogP contribution < -0.4 is 10.5 Å². The Balaban J connectivity index is 2.30. The summed E-state index contributed by atoms with van der Waals surface area (Å²) in [6, 6.07) is 0.500. The molecule has 88 valence electrons. The van der Waals surface area contributed by atoms with Crippen LogP contribution in [0.1, 0.15) is 19.3 Å². The Labute approximate surface area is 103 Å². The van der Waals surface area contributed by atoms with E-state index < -0.39 is 0 Å². The lowest BCUT2D eigenvalue weighted by molar-refractivity contribution is 0.387. The molecule has 0 amide bonds. The van der Waals surface area contributed by atoms with Crippen molar-refractivity contribution in [3.05, 3.63) is 22.7 Å². The summed E-state index contributed by atoms with van der Waals surface area (Å²) in [6.07, 6.45) is 6.99. The standard InChI is InChI=1S/C11H16BrN3O/c1-14-8-6-13-10(11(14)16)15(7-5-12)9-3-2-4-9/h6,8-9H,2-5,7H2,1H3. The number of aromatic nitrogens is 2. The first kappa shape index (κ1) is 11.6. The smallest absolute Gasteiger partial charge is 0.293 e. The van der Waals surface area contributed by atoms with Crippen LogP contribution in [0.2, 0.25) is 0 Å². The van der Waals surface area contributed by atoms with Crippen LogP contribution in [0.5, 0.6) is 0 Å². The Morgan fingerprint density at radius 2 is 2.38 bits per heavy atom. The minimum atomic E-state index is -0.00431. The highest BCUT2D eigenvalue weighted by Gasteiger charge is 2.27. The Hall–Kier alpha value is -0.840. The zero-order valence-electron chi connectivity index (χ0n) is 9.40. The molecule has 1 saturated carbocycles. The zero-order chi connectivity index (χ0) is 11.5. The van der Waals surface area contributed by atoms with Crippen molar-refractivity contribution in [2.45, 2.75) is 25.3 Å². The minimum absolute atomic E-state index is 0.00431. The number of rotatable bonds is 4. The van der Waals surface area contributed by atoms with E-state index in [-0.39, 0.29) is 5.56 Å². The van der Waals surface area contributed by atoms with Crippen molar-refractivity contribution in [3.63, 3.8) is 0 Å². The third kappa shape index (κ3) is 2.14. The van der Waals surface area contributed by atoms with Crippen molar-refractivity contribution >= 4 is 21.7 Å². The first-order chi connectivity index (χ1) is 7.74. The molecule has 0 aliphatic heterocycles. The highest BCUT2D eigenvalue weighted by atomic mass is 79.9. The second-order valence-electron chi connectivity index (χ2n) is 4.13. The third-order valence-electron chi connectivity index (χ3n) is 3.11. The summed E-state index contributed by atoms with van der Waals surface area (Å²) in [5.41, 5.74) is -0.00431. The Kier molecular flexibility index (Phi) is 3.63. The average Bonchev–Trinajstić information content (AvgIpc) is 2.19. The maximum Gasteiger partial charge on any atom is 0.293 e. The van der Waals surface area contributed by atoms with Gasteiger partial charge in [-0.15, -0.1) is 0 Å². The molecule has 0 spiro atoms. The maximum atomic E-state index is 12.0. The van der Waals surface area contributed by atoms with Crippen molar-refractivity contribution in [3.8, 4) is 0 Å². The number of halogens is 1. The van der Waals surface area contributed by atoms with E-state index in [1.165, 1.54) is 19.3 Å². The van der Waals surface area contributed by atoms with Gasteiger partial charge in [-0.25, -0.2) is 4.98 Å². The fourth-order valence-corrected chi connectivity index (χ4v) is 2.31. The van der Waals surface area contributed by atoms with Gasteiger partial charge in [0.2, 0.25) is 0 Å². The molecule has 0 saturated heterocycles. The molecule has 1 aliphatic carbocycles. The van der Waals surface area contributed by atoms with Gasteiger partial charge in [0.15, 0.2) is 5.82 Å². The number of alkyl halides is 1. The topological polar surface area (TPSA) is 38.1 Å². The van der Waals surface area contributed by atoms with Gasteiger partial charge in [-0.05, 0) is 19.3 Å². The van der Waals surface area contributed by atoms with Crippen molar-refractivity contribution in [2.75, 3.05) is 16.8 Å². The third-order valence-corrected chi connectivity index (χ3v) is 3.47.